The van der Waals surface area contributed by atoms with Gasteiger partial charge in [0.05, 0.1) is 22.8 Å². The zero-order valence-corrected chi connectivity index (χ0v) is 33.3. The number of amides is 4. The smallest absolute Gasteiger partial charge is 0.408 e. The Hall–Kier alpha value is -4.53. The van der Waals surface area contributed by atoms with E-state index in [1.165, 1.54) is 4.90 Å². The van der Waals surface area contributed by atoms with Crippen molar-refractivity contribution in [2.45, 2.75) is 139 Å². The first-order valence-corrected chi connectivity index (χ1v) is 21.0. The van der Waals surface area contributed by atoms with E-state index in [1.807, 2.05) is 37.3 Å². The van der Waals surface area contributed by atoms with Crippen molar-refractivity contribution in [2.24, 2.45) is 5.92 Å². The predicted molar refractivity (Wildman–Crippen MR) is 208 cm³/mol. The lowest BCUT2D eigenvalue weighted by atomic mass is 9.85. The van der Waals surface area contributed by atoms with Crippen LogP contribution in [0, 0.1) is 5.92 Å². The quantitative estimate of drug-likeness (QED) is 0.145. The van der Waals surface area contributed by atoms with Gasteiger partial charge in [0.25, 0.3) is 5.91 Å². The van der Waals surface area contributed by atoms with Crippen LogP contribution in [0.1, 0.15) is 104 Å². The summed E-state index contributed by atoms with van der Waals surface area (Å²) in [7, 11) is -3.93. The summed E-state index contributed by atoms with van der Waals surface area (Å²) in [5.41, 5.74) is -0.483. The van der Waals surface area contributed by atoms with Gasteiger partial charge in [0, 0.05) is 12.3 Å². The van der Waals surface area contributed by atoms with Gasteiger partial charge in [0.2, 0.25) is 27.7 Å². The highest BCUT2D eigenvalue weighted by Crippen LogP contribution is 2.39. The highest BCUT2D eigenvalue weighted by molar-refractivity contribution is 7.91. The normalized spacial score (nSPS) is 23.1. The molecular formula is C40H56N6O8S. The molecule has 4 amide bonds. The van der Waals surface area contributed by atoms with Gasteiger partial charge in [-0.2, -0.15) is 0 Å². The first-order chi connectivity index (χ1) is 26.1. The molecule has 3 aliphatic rings. The van der Waals surface area contributed by atoms with Gasteiger partial charge in [-0.05, 0) is 90.7 Å². The van der Waals surface area contributed by atoms with E-state index in [-0.39, 0.29) is 31.7 Å². The second-order valence-electron chi connectivity index (χ2n) is 15.8. The fourth-order valence-corrected chi connectivity index (χ4v) is 8.79. The van der Waals surface area contributed by atoms with Crippen LogP contribution < -0.4 is 20.1 Å². The van der Waals surface area contributed by atoms with Gasteiger partial charge in [-0.25, -0.2) is 23.2 Å². The van der Waals surface area contributed by atoms with Gasteiger partial charge in [0.1, 0.15) is 35.0 Å². The molecule has 2 aliphatic carbocycles. The number of para-hydroxylation sites is 2. The topological polar surface area (TPSA) is 186 Å². The number of aromatic nitrogens is 2. The molecule has 300 valence electrons. The van der Waals surface area contributed by atoms with Crippen LogP contribution in [0.4, 0.5) is 4.79 Å². The largest absolute Gasteiger partial charge is 0.471 e. The third-order valence-corrected chi connectivity index (χ3v) is 12.2. The van der Waals surface area contributed by atoms with E-state index >= 15 is 0 Å². The number of aryl methyl sites for hydroxylation is 1. The molecule has 1 saturated heterocycles. The lowest BCUT2D eigenvalue weighted by Crippen LogP contribution is -2.64. The number of likely N-dealkylation sites (tertiary alicyclic amines) is 1. The number of alkyl carbamates (subject to hydrolysis) is 1. The maximum atomic E-state index is 14.6. The van der Waals surface area contributed by atoms with Crippen molar-refractivity contribution < 1.29 is 37.1 Å². The summed E-state index contributed by atoms with van der Waals surface area (Å²) in [6.45, 7) is 14.7. The molecule has 1 aromatic carbocycles. The number of ether oxygens (including phenoxy) is 2. The molecule has 0 spiro atoms. The molecule has 1 aliphatic heterocycles. The summed E-state index contributed by atoms with van der Waals surface area (Å²) in [6, 6.07) is 5.22. The van der Waals surface area contributed by atoms with Gasteiger partial charge in [-0.15, -0.1) is 13.2 Å². The van der Waals surface area contributed by atoms with E-state index < -0.39 is 74.3 Å². The Balaban J connectivity index is 1.47. The third kappa shape index (κ3) is 10.2. The number of allylic oxidation sites excluding steroid dienone is 1. The Morgan fingerprint density at radius 3 is 2.40 bits per heavy atom. The number of hydrogen-bond donors (Lipinski definition) is 3. The average Bonchev–Trinajstić information content (AvgIpc) is 3.80. The van der Waals surface area contributed by atoms with E-state index in [9.17, 15) is 27.6 Å². The minimum Gasteiger partial charge on any atom is -0.471 e. The van der Waals surface area contributed by atoms with Gasteiger partial charge >= 0.3 is 6.09 Å². The van der Waals surface area contributed by atoms with Crippen LogP contribution in [0.15, 0.2) is 49.6 Å². The van der Waals surface area contributed by atoms with Crippen molar-refractivity contribution in [3.8, 4) is 5.88 Å². The Bertz CT molecular complexity index is 1880. The summed E-state index contributed by atoms with van der Waals surface area (Å²) in [6.07, 6.45) is 7.96. The molecule has 3 fully saturated rings. The zero-order chi connectivity index (χ0) is 40.0. The Kier molecular flexibility index (Phi) is 13.3. The number of unbranched alkanes of at least 4 members (excludes halogenated alkanes) is 3. The van der Waals surface area contributed by atoms with Crippen LogP contribution >= 0.6 is 0 Å². The molecule has 0 bridgehead atoms. The summed E-state index contributed by atoms with van der Waals surface area (Å²) < 4.78 is 40.1. The number of rotatable bonds is 17. The maximum Gasteiger partial charge on any atom is 0.408 e. The van der Waals surface area contributed by atoms with Crippen molar-refractivity contribution in [1.29, 1.82) is 0 Å². The molecule has 0 unspecified atom stereocenters. The molecule has 5 rings (SSSR count). The molecule has 2 saturated carbocycles. The van der Waals surface area contributed by atoms with Crippen molar-refractivity contribution in [3.63, 3.8) is 0 Å². The van der Waals surface area contributed by atoms with Gasteiger partial charge in [-0.1, -0.05) is 44.1 Å². The van der Waals surface area contributed by atoms with E-state index in [0.717, 1.165) is 19.3 Å². The maximum absolute atomic E-state index is 14.6. The van der Waals surface area contributed by atoms with E-state index in [0.29, 0.717) is 55.3 Å². The average molecular weight is 781 g/mol. The Morgan fingerprint density at radius 1 is 1.05 bits per heavy atom. The SMILES string of the molecule is C=CCCCCC[C@H](NC(=O)OC(C)(C)C)C(=O)N1C[C@H](Oc2nc3ccccc3nc2CC)C[C@H]1C(=O)N[C@]1(C(=O)NS(=O)(=O)C2CC2)CCC[C@H]1C=C. The van der Waals surface area contributed by atoms with Gasteiger partial charge in [0.15, 0.2) is 0 Å². The Morgan fingerprint density at radius 2 is 1.76 bits per heavy atom. The number of carbonyl (C=O) groups excluding carboxylic acids is 4. The molecule has 2 aromatic rings. The fourth-order valence-electron chi connectivity index (χ4n) is 7.43. The number of sulfonamides is 1. The van der Waals surface area contributed by atoms with Crippen molar-refractivity contribution in [2.75, 3.05) is 6.54 Å². The number of hydrogen-bond acceptors (Lipinski definition) is 10. The highest BCUT2D eigenvalue weighted by atomic mass is 32.2. The van der Waals surface area contributed by atoms with E-state index in [2.05, 4.69) is 28.5 Å². The highest BCUT2D eigenvalue weighted by Gasteiger charge is 2.53. The second kappa shape index (κ2) is 17.5. The Labute approximate surface area is 324 Å². The molecule has 3 N–H and O–H groups in total. The van der Waals surface area contributed by atoms with Crippen LogP contribution in [0.5, 0.6) is 5.88 Å². The lowest BCUT2D eigenvalue weighted by molar-refractivity contribution is -0.142. The van der Waals surface area contributed by atoms with Crippen molar-refractivity contribution in [3.05, 3.63) is 55.3 Å². The molecular weight excluding hydrogens is 725 g/mol. The molecule has 2 heterocycles. The van der Waals surface area contributed by atoms with Crippen molar-refractivity contribution in [1.82, 2.24) is 30.2 Å². The second-order valence-corrected chi connectivity index (χ2v) is 17.8. The summed E-state index contributed by atoms with van der Waals surface area (Å²) in [4.78, 5) is 67.0. The molecule has 14 nitrogen and oxygen atoms in total. The molecule has 1 aromatic heterocycles. The molecule has 0 radical (unpaired) electrons. The lowest BCUT2D eigenvalue weighted by Gasteiger charge is -2.36. The van der Waals surface area contributed by atoms with Crippen LogP contribution in [-0.2, 0) is 35.6 Å². The van der Waals surface area contributed by atoms with Crippen LogP contribution in [0.3, 0.4) is 0 Å². The van der Waals surface area contributed by atoms with Crippen LogP contribution in [0.2, 0.25) is 0 Å². The minimum atomic E-state index is -3.93. The van der Waals surface area contributed by atoms with Crippen LogP contribution in [-0.4, -0.2) is 88.2 Å². The van der Waals surface area contributed by atoms with Gasteiger partial charge in [-0.3, -0.25) is 19.1 Å². The fraction of sp³-hybridized carbons (Fsp3) is 0.600. The standard InChI is InChI=1S/C40H56N6O8S/c1-7-10-11-12-13-20-32(43-38(50)54-39(4,5)6)36(48)46-25-27(53-35-29(9-3)41-30-18-14-15-19-31(30)42-35)24-33(46)34(47)44-40(23-16-17-26(40)8-2)37(49)45-55(51,52)28-21-22-28/h7-8,14-15,18-19,26-28,32-33H,1-2,9-13,16-17,20-25H2,3-6H3,(H,43,50)(H,44,47)(H,45,49)/t26-,27-,32+,33+,40-/m1/s1. The molecule has 55 heavy (non-hydrogen) atoms. The molecule has 5 atom stereocenters. The summed E-state index contributed by atoms with van der Waals surface area (Å²) >= 11 is 0. The minimum absolute atomic E-state index is 0.0301. The van der Waals surface area contributed by atoms with Gasteiger partial charge < -0.3 is 25.0 Å². The monoisotopic (exact) mass is 780 g/mol. The van der Waals surface area contributed by atoms with E-state index in [4.69, 9.17) is 19.4 Å². The first kappa shape index (κ1) is 41.6. The number of nitrogens with one attached hydrogen (secondary N) is 3. The van der Waals surface area contributed by atoms with Crippen LogP contribution in [0.25, 0.3) is 11.0 Å². The first-order valence-electron chi connectivity index (χ1n) is 19.4. The zero-order valence-electron chi connectivity index (χ0n) is 32.5. The molecule has 15 heteroatoms. The number of benzene rings is 1. The number of fused-ring (bicyclic) bond motifs is 1. The summed E-state index contributed by atoms with van der Waals surface area (Å²) in [5, 5.41) is 5.03. The van der Waals surface area contributed by atoms with Crippen molar-refractivity contribution >= 4 is 44.9 Å². The predicted octanol–water partition coefficient (Wildman–Crippen LogP) is 5.02. The number of carbonyl (C=O) groups is 4. The number of nitrogens with zero attached hydrogens (tertiary/aromatic N) is 3. The summed E-state index contributed by atoms with van der Waals surface area (Å²) in [5.74, 6) is -2.24. The third-order valence-electron chi connectivity index (χ3n) is 10.4. The van der Waals surface area contributed by atoms with E-state index in [1.54, 1.807) is 26.8 Å².